The minimum absolute atomic E-state index is 0.000765. The third-order valence-electron chi connectivity index (χ3n) is 4.01. The van der Waals surface area contributed by atoms with Gasteiger partial charge in [-0.1, -0.05) is 12.8 Å². The van der Waals surface area contributed by atoms with E-state index in [-0.39, 0.29) is 16.1 Å². The maximum absolute atomic E-state index is 13.5. The fourth-order valence-electron chi connectivity index (χ4n) is 2.85. The number of aliphatic hydroxyl groups excluding tert-OH is 1. The molecule has 0 saturated heterocycles. The average Bonchev–Trinajstić information content (AvgIpc) is 2.38. The number of sulfonamides is 1. The molecule has 21 heavy (non-hydrogen) atoms. The number of nitrogen functional groups attached to an aromatic ring is 1. The van der Waals surface area contributed by atoms with Crippen LogP contribution in [0, 0.1) is 19.7 Å². The van der Waals surface area contributed by atoms with E-state index >= 15 is 0 Å². The summed E-state index contributed by atoms with van der Waals surface area (Å²) in [6, 6.07) is 0.614. The van der Waals surface area contributed by atoms with Crippen molar-refractivity contribution in [2.45, 2.75) is 56.6 Å². The molecule has 1 aromatic rings. The Morgan fingerprint density at radius 1 is 1.33 bits per heavy atom. The molecule has 2 unspecified atom stereocenters. The summed E-state index contributed by atoms with van der Waals surface area (Å²) in [7, 11) is -3.85. The molecule has 7 heteroatoms. The molecule has 0 aliphatic heterocycles. The van der Waals surface area contributed by atoms with Gasteiger partial charge in [0.15, 0.2) is 0 Å². The van der Waals surface area contributed by atoms with Gasteiger partial charge < -0.3 is 10.8 Å². The number of hydrogen-bond donors (Lipinski definition) is 3. The van der Waals surface area contributed by atoms with Gasteiger partial charge in [-0.3, -0.25) is 0 Å². The van der Waals surface area contributed by atoms with Crippen molar-refractivity contribution >= 4 is 15.7 Å². The van der Waals surface area contributed by atoms with Gasteiger partial charge in [-0.05, 0) is 43.9 Å². The van der Waals surface area contributed by atoms with E-state index in [4.69, 9.17) is 5.73 Å². The average molecular weight is 316 g/mol. The first kappa shape index (κ1) is 16.2. The quantitative estimate of drug-likeness (QED) is 0.739. The number of aryl methyl sites for hydroxylation is 1. The third-order valence-corrected chi connectivity index (χ3v) is 5.79. The molecule has 1 aromatic carbocycles. The first-order valence-electron chi connectivity index (χ1n) is 6.99. The van der Waals surface area contributed by atoms with Crippen LogP contribution in [0.4, 0.5) is 10.1 Å². The molecule has 5 nitrogen and oxygen atoms in total. The normalized spacial score (nSPS) is 23.2. The maximum atomic E-state index is 13.5. The Bertz CT molecular complexity index is 646. The highest BCUT2D eigenvalue weighted by Gasteiger charge is 2.30. The number of aliphatic hydroxyl groups is 1. The van der Waals surface area contributed by atoms with Crippen molar-refractivity contribution in [1.82, 2.24) is 4.72 Å². The van der Waals surface area contributed by atoms with E-state index in [9.17, 15) is 17.9 Å². The van der Waals surface area contributed by atoms with Gasteiger partial charge in [0.25, 0.3) is 0 Å². The fourth-order valence-corrected chi connectivity index (χ4v) is 4.64. The lowest BCUT2D eigenvalue weighted by Crippen LogP contribution is -2.45. The van der Waals surface area contributed by atoms with Gasteiger partial charge in [0.1, 0.15) is 5.82 Å². The van der Waals surface area contributed by atoms with Crippen molar-refractivity contribution in [3.05, 3.63) is 23.0 Å². The van der Waals surface area contributed by atoms with Crippen molar-refractivity contribution < 1.29 is 17.9 Å². The van der Waals surface area contributed by atoms with Crippen LogP contribution in [0.2, 0.25) is 0 Å². The van der Waals surface area contributed by atoms with Crippen LogP contribution in [-0.4, -0.2) is 25.7 Å². The minimum Gasteiger partial charge on any atom is -0.396 e. The molecule has 0 amide bonds. The van der Waals surface area contributed by atoms with Crippen LogP contribution in [0.25, 0.3) is 0 Å². The molecule has 0 spiro atoms. The predicted octanol–water partition coefficient (Wildman–Crippen LogP) is 1.61. The van der Waals surface area contributed by atoms with Gasteiger partial charge in [0.2, 0.25) is 10.0 Å². The van der Waals surface area contributed by atoms with E-state index in [1.54, 1.807) is 0 Å². The van der Waals surface area contributed by atoms with E-state index in [1.165, 1.54) is 13.8 Å². The van der Waals surface area contributed by atoms with Gasteiger partial charge in [-0.2, -0.15) is 0 Å². The summed E-state index contributed by atoms with van der Waals surface area (Å²) >= 11 is 0. The molecular formula is C14H21FN2O3S. The Morgan fingerprint density at radius 2 is 1.95 bits per heavy atom. The summed E-state index contributed by atoms with van der Waals surface area (Å²) in [4.78, 5) is -0.000765. The molecule has 2 atom stereocenters. The van der Waals surface area contributed by atoms with E-state index in [1.807, 2.05) is 0 Å². The Balaban J connectivity index is 2.38. The second-order valence-electron chi connectivity index (χ2n) is 5.62. The second-order valence-corrected chi connectivity index (χ2v) is 7.27. The van der Waals surface area contributed by atoms with E-state index in [0.29, 0.717) is 18.4 Å². The van der Waals surface area contributed by atoms with E-state index in [0.717, 1.165) is 18.9 Å². The Morgan fingerprint density at radius 3 is 2.57 bits per heavy atom. The van der Waals surface area contributed by atoms with Crippen molar-refractivity contribution in [2.24, 2.45) is 0 Å². The predicted molar refractivity (Wildman–Crippen MR) is 78.9 cm³/mol. The molecule has 4 N–H and O–H groups in total. The molecule has 0 bridgehead atoms. The topological polar surface area (TPSA) is 92.4 Å². The number of rotatable bonds is 3. The molecule has 118 valence electrons. The first-order chi connectivity index (χ1) is 9.74. The van der Waals surface area contributed by atoms with Crippen molar-refractivity contribution in [1.29, 1.82) is 0 Å². The molecule has 1 aliphatic rings. The van der Waals surface area contributed by atoms with E-state index < -0.39 is 28.0 Å². The molecule has 0 aromatic heterocycles. The highest BCUT2D eigenvalue weighted by molar-refractivity contribution is 7.89. The van der Waals surface area contributed by atoms with Gasteiger partial charge in [0, 0.05) is 6.04 Å². The number of nitrogens with one attached hydrogen (secondary N) is 1. The monoisotopic (exact) mass is 316 g/mol. The lowest BCUT2D eigenvalue weighted by Gasteiger charge is -2.28. The number of halogens is 1. The van der Waals surface area contributed by atoms with Gasteiger partial charge in [0.05, 0.1) is 16.7 Å². The summed E-state index contributed by atoms with van der Waals surface area (Å²) in [6.45, 7) is 3.01. The zero-order chi connectivity index (χ0) is 15.8. The van der Waals surface area contributed by atoms with Gasteiger partial charge >= 0.3 is 0 Å². The largest absolute Gasteiger partial charge is 0.396 e. The molecule has 0 heterocycles. The zero-order valence-electron chi connectivity index (χ0n) is 12.2. The van der Waals surface area contributed by atoms with Crippen LogP contribution in [0.3, 0.4) is 0 Å². The molecule has 2 rings (SSSR count). The van der Waals surface area contributed by atoms with Crippen molar-refractivity contribution in [3.8, 4) is 0 Å². The summed E-state index contributed by atoms with van der Waals surface area (Å²) < 4.78 is 41.2. The van der Waals surface area contributed by atoms with Crippen molar-refractivity contribution in [2.75, 3.05) is 5.73 Å². The number of benzene rings is 1. The summed E-state index contributed by atoms with van der Waals surface area (Å²) in [6.07, 6.45) is 2.24. The molecular weight excluding hydrogens is 295 g/mol. The van der Waals surface area contributed by atoms with Gasteiger partial charge in [-0.15, -0.1) is 0 Å². The molecule has 1 aliphatic carbocycles. The van der Waals surface area contributed by atoms with Crippen LogP contribution in [0.5, 0.6) is 0 Å². The molecule has 1 fully saturated rings. The number of anilines is 1. The number of nitrogens with two attached hydrogens (primary N) is 1. The minimum atomic E-state index is -3.85. The van der Waals surface area contributed by atoms with Crippen LogP contribution in [0.15, 0.2) is 11.0 Å². The standard InChI is InChI=1S/C14H21FN2O3S/c1-8-7-10(15)13(16)9(2)14(8)21(19,20)17-11-5-3-4-6-12(11)18/h7,11-12,17-18H,3-6,16H2,1-2H3. The summed E-state index contributed by atoms with van der Waals surface area (Å²) in [5.74, 6) is -0.623. The van der Waals surface area contributed by atoms with Crippen molar-refractivity contribution in [3.63, 3.8) is 0 Å². The lowest BCUT2D eigenvalue weighted by molar-refractivity contribution is 0.101. The van der Waals surface area contributed by atoms with Crippen LogP contribution in [0.1, 0.15) is 36.8 Å². The smallest absolute Gasteiger partial charge is 0.241 e. The van der Waals surface area contributed by atoms with Crippen LogP contribution >= 0.6 is 0 Å². The highest BCUT2D eigenvalue weighted by atomic mass is 32.2. The summed E-state index contributed by atoms with van der Waals surface area (Å²) in [5.41, 5.74) is 5.93. The van der Waals surface area contributed by atoms with E-state index in [2.05, 4.69) is 4.72 Å². The molecule has 0 radical (unpaired) electrons. The summed E-state index contributed by atoms with van der Waals surface area (Å²) in [5, 5.41) is 9.90. The zero-order valence-corrected chi connectivity index (χ0v) is 13.0. The lowest BCUT2D eigenvalue weighted by atomic mass is 9.93. The van der Waals surface area contributed by atoms with Crippen LogP contribution in [-0.2, 0) is 10.0 Å². The third kappa shape index (κ3) is 3.20. The number of hydrogen-bond acceptors (Lipinski definition) is 4. The Labute approximate surface area is 124 Å². The SMILES string of the molecule is Cc1cc(F)c(N)c(C)c1S(=O)(=O)NC1CCCCC1O. The van der Waals surface area contributed by atoms with Crippen LogP contribution < -0.4 is 10.5 Å². The highest BCUT2D eigenvalue weighted by Crippen LogP contribution is 2.28. The first-order valence-corrected chi connectivity index (χ1v) is 8.48. The maximum Gasteiger partial charge on any atom is 0.241 e. The Kier molecular flexibility index (Phi) is 4.55. The fraction of sp³-hybridized carbons (Fsp3) is 0.571. The van der Waals surface area contributed by atoms with Gasteiger partial charge in [-0.25, -0.2) is 17.5 Å². The molecule has 1 saturated carbocycles. The second kappa shape index (κ2) is 5.90. The Hall–Kier alpha value is -1.18.